The number of halogens is 2. The summed E-state index contributed by atoms with van der Waals surface area (Å²) in [6.07, 6.45) is 0.104. The van der Waals surface area contributed by atoms with Crippen LogP contribution in [0.5, 0.6) is 0 Å². The predicted molar refractivity (Wildman–Crippen MR) is 72.5 cm³/mol. The highest BCUT2D eigenvalue weighted by molar-refractivity contribution is 5.40. The van der Waals surface area contributed by atoms with Crippen molar-refractivity contribution in [3.05, 3.63) is 57.1 Å². The molecule has 3 N–H and O–H groups in total. The normalized spacial score (nSPS) is 11.1. The van der Waals surface area contributed by atoms with Crippen LogP contribution in [-0.4, -0.2) is 9.97 Å². The van der Waals surface area contributed by atoms with Crippen molar-refractivity contribution in [1.29, 1.82) is 0 Å². The number of nitrogens with two attached hydrogens (primary N) is 1. The second kappa shape index (κ2) is 5.40. The fourth-order valence-electron chi connectivity index (χ4n) is 2.10. The summed E-state index contributed by atoms with van der Waals surface area (Å²) >= 11 is 0. The van der Waals surface area contributed by atoms with Gasteiger partial charge in [0.2, 0.25) is 0 Å². The maximum Gasteiger partial charge on any atom is 0.256 e. The third-order valence-electron chi connectivity index (χ3n) is 2.91. The molecule has 0 saturated carbocycles. The first kappa shape index (κ1) is 14.2. The number of H-pyrrole nitrogens is 1. The largest absolute Gasteiger partial charge is 0.383 e. The van der Waals surface area contributed by atoms with E-state index in [1.54, 1.807) is 0 Å². The maximum absolute atomic E-state index is 13.1. The van der Waals surface area contributed by atoms with Gasteiger partial charge in [0.05, 0.1) is 5.56 Å². The molecule has 1 heterocycles. The van der Waals surface area contributed by atoms with E-state index in [1.165, 1.54) is 12.1 Å². The van der Waals surface area contributed by atoms with Crippen LogP contribution in [0.1, 0.15) is 36.7 Å². The van der Waals surface area contributed by atoms with Crippen molar-refractivity contribution in [1.82, 2.24) is 9.97 Å². The molecule has 106 valence electrons. The lowest BCUT2D eigenvalue weighted by molar-refractivity contribution is 0.580. The van der Waals surface area contributed by atoms with Crippen molar-refractivity contribution in [2.45, 2.75) is 26.2 Å². The molecule has 0 aliphatic carbocycles. The molecule has 0 aliphatic heterocycles. The number of aromatic amines is 1. The zero-order chi connectivity index (χ0) is 14.9. The molecular weight excluding hydrogens is 264 g/mol. The minimum absolute atomic E-state index is 0.0492. The van der Waals surface area contributed by atoms with Crippen molar-refractivity contribution in [3.63, 3.8) is 0 Å². The Bertz CT molecular complexity index is 675. The Morgan fingerprint density at radius 3 is 2.35 bits per heavy atom. The van der Waals surface area contributed by atoms with Gasteiger partial charge in [0.25, 0.3) is 5.56 Å². The van der Waals surface area contributed by atoms with E-state index < -0.39 is 11.6 Å². The number of aromatic nitrogens is 2. The first-order valence-electron chi connectivity index (χ1n) is 6.20. The number of hydrogen-bond donors (Lipinski definition) is 2. The Labute approximate surface area is 114 Å². The van der Waals surface area contributed by atoms with Gasteiger partial charge in [-0.1, -0.05) is 13.8 Å². The van der Waals surface area contributed by atoms with Gasteiger partial charge in [-0.15, -0.1) is 0 Å². The first-order chi connectivity index (χ1) is 9.36. The van der Waals surface area contributed by atoms with Crippen LogP contribution in [0.15, 0.2) is 23.0 Å². The van der Waals surface area contributed by atoms with Crippen LogP contribution < -0.4 is 11.3 Å². The number of nitrogen functional groups attached to an aromatic ring is 1. The topological polar surface area (TPSA) is 71.8 Å². The van der Waals surface area contributed by atoms with Crippen molar-refractivity contribution < 1.29 is 8.78 Å². The summed E-state index contributed by atoms with van der Waals surface area (Å²) in [6, 6.07) is 3.17. The molecule has 1 aromatic heterocycles. The van der Waals surface area contributed by atoms with E-state index in [9.17, 15) is 13.6 Å². The molecule has 1 aromatic carbocycles. The molecule has 4 nitrogen and oxygen atoms in total. The number of nitrogens with one attached hydrogen (secondary N) is 1. The van der Waals surface area contributed by atoms with E-state index in [-0.39, 0.29) is 29.5 Å². The highest BCUT2D eigenvalue weighted by atomic mass is 19.1. The molecule has 0 radical (unpaired) electrons. The second-order valence-corrected chi connectivity index (χ2v) is 4.92. The summed E-state index contributed by atoms with van der Waals surface area (Å²) in [5.74, 6) is -0.965. The second-order valence-electron chi connectivity index (χ2n) is 4.92. The molecule has 2 rings (SSSR count). The van der Waals surface area contributed by atoms with Crippen LogP contribution in [0, 0.1) is 11.6 Å². The fourth-order valence-corrected chi connectivity index (χ4v) is 2.10. The summed E-state index contributed by atoms with van der Waals surface area (Å²) in [7, 11) is 0. The Kier molecular flexibility index (Phi) is 3.83. The molecule has 0 bridgehead atoms. The average molecular weight is 279 g/mol. The van der Waals surface area contributed by atoms with Gasteiger partial charge < -0.3 is 10.7 Å². The summed E-state index contributed by atoms with van der Waals surface area (Å²) in [5.41, 5.74) is 6.23. The molecule has 0 spiro atoms. The van der Waals surface area contributed by atoms with Crippen LogP contribution in [-0.2, 0) is 6.42 Å². The molecule has 20 heavy (non-hydrogen) atoms. The van der Waals surface area contributed by atoms with E-state index in [0.29, 0.717) is 11.1 Å². The van der Waals surface area contributed by atoms with Crippen LogP contribution in [0.3, 0.4) is 0 Å². The molecule has 0 aliphatic rings. The molecular formula is C14H15F2N3O. The summed E-state index contributed by atoms with van der Waals surface area (Å²) < 4.78 is 26.2. The van der Waals surface area contributed by atoms with Gasteiger partial charge in [-0.25, -0.2) is 13.8 Å². The molecule has 6 heteroatoms. The lowest BCUT2D eigenvalue weighted by Gasteiger charge is -2.09. The van der Waals surface area contributed by atoms with Gasteiger partial charge in [0.15, 0.2) is 0 Å². The van der Waals surface area contributed by atoms with Crippen LogP contribution >= 0.6 is 0 Å². The Balaban J connectivity index is 2.37. The van der Waals surface area contributed by atoms with Crippen LogP contribution in [0.4, 0.5) is 14.6 Å². The monoisotopic (exact) mass is 279 g/mol. The summed E-state index contributed by atoms with van der Waals surface area (Å²) in [4.78, 5) is 18.6. The molecule has 0 fully saturated rings. The van der Waals surface area contributed by atoms with Crippen molar-refractivity contribution in [2.24, 2.45) is 0 Å². The van der Waals surface area contributed by atoms with Crippen LogP contribution in [0.25, 0.3) is 0 Å². The SMILES string of the molecule is CC(C)c1c(N)nc(Cc2cc(F)cc(F)c2)[nH]c1=O. The quantitative estimate of drug-likeness (QED) is 0.905. The zero-order valence-corrected chi connectivity index (χ0v) is 11.2. The maximum atomic E-state index is 13.1. The van der Waals surface area contributed by atoms with Gasteiger partial charge in [0.1, 0.15) is 23.3 Å². The highest BCUT2D eigenvalue weighted by Gasteiger charge is 2.13. The highest BCUT2D eigenvalue weighted by Crippen LogP contribution is 2.16. The van der Waals surface area contributed by atoms with Gasteiger partial charge in [-0.3, -0.25) is 4.79 Å². The average Bonchev–Trinajstić information content (AvgIpc) is 2.25. The van der Waals surface area contributed by atoms with E-state index >= 15 is 0 Å². The van der Waals surface area contributed by atoms with E-state index in [2.05, 4.69) is 9.97 Å². The van der Waals surface area contributed by atoms with Crippen LogP contribution in [0.2, 0.25) is 0 Å². The number of rotatable bonds is 3. The number of benzene rings is 1. The third kappa shape index (κ3) is 3.01. The van der Waals surface area contributed by atoms with E-state index in [4.69, 9.17) is 5.73 Å². The van der Waals surface area contributed by atoms with E-state index in [1.807, 2.05) is 13.8 Å². The molecule has 0 amide bonds. The van der Waals surface area contributed by atoms with Gasteiger partial charge in [-0.2, -0.15) is 0 Å². The van der Waals surface area contributed by atoms with Gasteiger partial charge in [0, 0.05) is 12.5 Å². The molecule has 0 saturated heterocycles. The van der Waals surface area contributed by atoms with Crippen molar-refractivity contribution in [2.75, 3.05) is 5.73 Å². The Morgan fingerprint density at radius 2 is 1.85 bits per heavy atom. The van der Waals surface area contributed by atoms with E-state index in [0.717, 1.165) is 6.07 Å². The number of hydrogen-bond acceptors (Lipinski definition) is 3. The third-order valence-corrected chi connectivity index (χ3v) is 2.91. The molecule has 0 atom stereocenters. The molecule has 0 unspecified atom stereocenters. The zero-order valence-electron chi connectivity index (χ0n) is 11.2. The lowest BCUT2D eigenvalue weighted by atomic mass is 10.1. The lowest BCUT2D eigenvalue weighted by Crippen LogP contribution is -2.21. The Hall–Kier alpha value is -2.24. The van der Waals surface area contributed by atoms with Crippen molar-refractivity contribution in [3.8, 4) is 0 Å². The fraction of sp³-hybridized carbons (Fsp3) is 0.286. The predicted octanol–water partition coefficient (Wildman–Crippen LogP) is 2.34. The smallest absolute Gasteiger partial charge is 0.256 e. The number of nitrogens with zero attached hydrogens (tertiary/aromatic N) is 1. The van der Waals surface area contributed by atoms with Gasteiger partial charge in [-0.05, 0) is 23.6 Å². The summed E-state index contributed by atoms with van der Waals surface area (Å²) in [5, 5.41) is 0. The molecule has 2 aromatic rings. The first-order valence-corrected chi connectivity index (χ1v) is 6.20. The van der Waals surface area contributed by atoms with Gasteiger partial charge >= 0.3 is 0 Å². The minimum atomic E-state index is -0.672. The summed E-state index contributed by atoms with van der Waals surface area (Å²) in [6.45, 7) is 3.68. The van der Waals surface area contributed by atoms with Crippen molar-refractivity contribution >= 4 is 5.82 Å². The minimum Gasteiger partial charge on any atom is -0.383 e. The number of anilines is 1. The standard InChI is InChI=1S/C14H15F2N3O/c1-7(2)12-13(17)18-11(19-14(12)20)5-8-3-9(15)6-10(16)4-8/h3-4,6-7H,5H2,1-2H3,(H3,17,18,19,20). The Morgan fingerprint density at radius 1 is 1.25 bits per heavy atom.